The van der Waals surface area contributed by atoms with Gasteiger partial charge in [0.25, 0.3) is 5.91 Å². The molecule has 2 aromatic heterocycles. The van der Waals surface area contributed by atoms with E-state index in [0.717, 1.165) is 0 Å². The molecule has 0 spiro atoms. The van der Waals surface area contributed by atoms with Gasteiger partial charge in [0.2, 0.25) is 11.7 Å². The van der Waals surface area contributed by atoms with Gasteiger partial charge in [-0.05, 0) is 49.2 Å². The molecule has 2 aromatic carbocycles. The zero-order chi connectivity index (χ0) is 30.7. The molecule has 0 aliphatic carbocycles. The van der Waals surface area contributed by atoms with Crippen molar-refractivity contribution in [1.82, 2.24) is 30.3 Å². The van der Waals surface area contributed by atoms with E-state index in [1.807, 2.05) is 0 Å². The van der Waals surface area contributed by atoms with E-state index in [0.29, 0.717) is 46.9 Å². The normalized spacial score (nSPS) is 17.1. The number of ether oxygens (including phenoxy) is 1. The van der Waals surface area contributed by atoms with E-state index >= 15 is 0 Å². The lowest BCUT2D eigenvalue weighted by atomic mass is 10.1. The van der Waals surface area contributed by atoms with Crippen molar-refractivity contribution in [2.75, 3.05) is 32.1 Å². The summed E-state index contributed by atoms with van der Waals surface area (Å²) in [6, 6.07) is 6.94. The summed E-state index contributed by atoms with van der Waals surface area (Å²) in [7, 11) is 1.26. The maximum atomic E-state index is 14.8. The first-order valence-electron chi connectivity index (χ1n) is 13.6. The lowest BCUT2D eigenvalue weighted by Gasteiger charge is -2.17. The fourth-order valence-electron chi connectivity index (χ4n) is 4.89. The lowest BCUT2D eigenvalue weighted by Crippen LogP contribution is -2.48. The van der Waals surface area contributed by atoms with Crippen LogP contribution in [-0.4, -0.2) is 76.2 Å². The minimum atomic E-state index is -1.09. The van der Waals surface area contributed by atoms with Crippen molar-refractivity contribution in [2.24, 2.45) is 5.73 Å². The number of benzene rings is 2. The summed E-state index contributed by atoms with van der Waals surface area (Å²) in [5, 5.41) is 21.2. The molecule has 7 N–H and O–H groups in total. The molecule has 0 bridgehead atoms. The number of rotatable bonds is 10. The van der Waals surface area contributed by atoms with Crippen LogP contribution in [0.15, 0.2) is 48.9 Å². The fraction of sp³-hybridized carbons (Fsp3) is 0.310. The molecule has 3 atom stereocenters. The van der Waals surface area contributed by atoms with Gasteiger partial charge in [0.1, 0.15) is 0 Å². The number of nitrogens with one attached hydrogen (secondary N) is 4. The molecular formula is C29H32F2N8O4. The minimum Gasteiger partial charge on any atom is -0.494 e. The third kappa shape index (κ3) is 6.40. The van der Waals surface area contributed by atoms with Gasteiger partial charge in [-0.15, -0.1) is 0 Å². The van der Waals surface area contributed by atoms with Gasteiger partial charge in [0, 0.05) is 54.9 Å². The summed E-state index contributed by atoms with van der Waals surface area (Å²) in [5.41, 5.74) is 8.55. The van der Waals surface area contributed by atoms with Crippen molar-refractivity contribution in [2.45, 2.75) is 31.5 Å². The van der Waals surface area contributed by atoms with Crippen LogP contribution in [-0.2, 0) is 4.79 Å². The van der Waals surface area contributed by atoms with Gasteiger partial charge in [-0.2, -0.15) is 4.39 Å². The number of carbonyl (C=O) groups excluding carboxylic acids is 2. The van der Waals surface area contributed by atoms with Gasteiger partial charge in [-0.3, -0.25) is 14.0 Å². The van der Waals surface area contributed by atoms with Crippen LogP contribution in [0, 0.1) is 18.6 Å². The molecule has 0 radical (unpaired) electrons. The van der Waals surface area contributed by atoms with Crippen LogP contribution in [0.3, 0.4) is 0 Å². The summed E-state index contributed by atoms with van der Waals surface area (Å²) >= 11 is 0. The van der Waals surface area contributed by atoms with Crippen LogP contribution in [0.25, 0.3) is 16.9 Å². The van der Waals surface area contributed by atoms with Crippen molar-refractivity contribution < 1.29 is 28.2 Å². The van der Waals surface area contributed by atoms with Crippen LogP contribution in [0.5, 0.6) is 5.75 Å². The first-order chi connectivity index (χ1) is 20.7. The average molecular weight is 595 g/mol. The number of carbonyl (C=O) groups is 2. The highest BCUT2D eigenvalue weighted by Crippen LogP contribution is 2.31. The Morgan fingerprint density at radius 1 is 1.19 bits per heavy atom. The van der Waals surface area contributed by atoms with E-state index in [2.05, 4.69) is 31.2 Å². The molecule has 1 saturated heterocycles. The number of aromatic nitrogens is 3. The highest BCUT2D eigenvalue weighted by atomic mass is 19.2. The maximum absolute atomic E-state index is 14.8. The molecule has 3 heterocycles. The summed E-state index contributed by atoms with van der Waals surface area (Å²) in [5.74, 6) is -2.53. The number of halogens is 2. The highest BCUT2D eigenvalue weighted by molar-refractivity contribution is 5.96. The van der Waals surface area contributed by atoms with E-state index < -0.39 is 29.8 Å². The van der Waals surface area contributed by atoms with Crippen molar-refractivity contribution in [1.29, 1.82) is 0 Å². The first-order valence-corrected chi connectivity index (χ1v) is 13.6. The molecule has 2 unspecified atom stereocenters. The van der Waals surface area contributed by atoms with Gasteiger partial charge < -0.3 is 36.8 Å². The Hall–Kier alpha value is -4.66. The number of nitrogens with zero attached hydrogens (tertiary/aromatic N) is 3. The van der Waals surface area contributed by atoms with Crippen molar-refractivity contribution >= 4 is 29.0 Å². The van der Waals surface area contributed by atoms with Gasteiger partial charge in [0.15, 0.2) is 23.0 Å². The van der Waals surface area contributed by atoms with Gasteiger partial charge in [-0.1, -0.05) is 0 Å². The zero-order valence-corrected chi connectivity index (χ0v) is 23.5. The molecule has 1 fully saturated rings. The number of methoxy groups -OCH3 is 1. The molecule has 12 nitrogen and oxygen atoms in total. The Morgan fingerprint density at radius 3 is 2.70 bits per heavy atom. The minimum absolute atomic E-state index is 0.0157. The Labute approximate surface area is 245 Å². The van der Waals surface area contributed by atoms with Gasteiger partial charge >= 0.3 is 0 Å². The SMILES string of the molecule is COc1ccc(-c2cnc3c(Nc4ccc(C(=O)NC[C@H](N)CNC(=O)C5CC(O)CN5)c(C)c4)nccn23)c(F)c1F. The summed E-state index contributed by atoms with van der Waals surface area (Å²) < 4.78 is 35.6. The lowest BCUT2D eigenvalue weighted by molar-refractivity contribution is -0.123. The number of anilines is 2. The monoisotopic (exact) mass is 594 g/mol. The second-order valence-electron chi connectivity index (χ2n) is 10.3. The topological polar surface area (TPSA) is 168 Å². The second-order valence-corrected chi connectivity index (χ2v) is 10.3. The van der Waals surface area contributed by atoms with E-state index in [1.165, 1.54) is 31.6 Å². The molecule has 14 heteroatoms. The number of β-amino-alcohol motifs (C(OH)–C–C–N with tert-alkyl or cyclic N) is 1. The number of hydrogen-bond acceptors (Lipinski definition) is 9. The van der Waals surface area contributed by atoms with Gasteiger partial charge in [-0.25, -0.2) is 14.4 Å². The molecule has 43 heavy (non-hydrogen) atoms. The van der Waals surface area contributed by atoms with E-state index in [1.54, 1.807) is 35.7 Å². The number of nitrogens with two attached hydrogens (primary N) is 1. The summed E-state index contributed by atoms with van der Waals surface area (Å²) in [6.45, 7) is 2.47. The third-order valence-corrected chi connectivity index (χ3v) is 7.19. The number of imidazole rings is 1. The zero-order valence-electron chi connectivity index (χ0n) is 23.5. The molecule has 226 valence electrons. The number of fused-ring (bicyclic) bond motifs is 1. The fourth-order valence-corrected chi connectivity index (χ4v) is 4.89. The Kier molecular flexibility index (Phi) is 8.80. The third-order valence-electron chi connectivity index (χ3n) is 7.19. The van der Waals surface area contributed by atoms with Crippen LogP contribution < -0.4 is 31.7 Å². The van der Waals surface area contributed by atoms with Crippen molar-refractivity contribution in [3.05, 3.63) is 71.7 Å². The largest absolute Gasteiger partial charge is 0.494 e. The summed E-state index contributed by atoms with van der Waals surface area (Å²) in [6.07, 6.45) is 4.33. The summed E-state index contributed by atoms with van der Waals surface area (Å²) in [4.78, 5) is 33.7. The van der Waals surface area contributed by atoms with Crippen LogP contribution in [0.4, 0.5) is 20.3 Å². The second kappa shape index (κ2) is 12.7. The number of hydrogen-bond donors (Lipinski definition) is 6. The molecule has 2 amide bonds. The standard InChI is InChI=1S/C29H32F2N8O4/c1-15-9-17(3-4-19(15)28(41)36-11-16(32)12-37-29(42)21-10-18(40)13-34-21)38-26-27-35-14-22(39(27)8-7-33-26)20-5-6-23(43-2)25(31)24(20)30/h3-9,14,16,18,21,34,40H,10-13,32H2,1-2H3,(H,33,38)(H,36,41)(H,37,42)/t16-,18?,21?/m0/s1. The van der Waals surface area contributed by atoms with Crippen LogP contribution >= 0.6 is 0 Å². The van der Waals surface area contributed by atoms with Crippen LogP contribution in [0.1, 0.15) is 22.3 Å². The van der Waals surface area contributed by atoms with E-state index in [4.69, 9.17) is 10.5 Å². The number of aliphatic hydroxyl groups excluding tert-OH is 1. The number of amides is 2. The smallest absolute Gasteiger partial charge is 0.251 e. The first kappa shape index (κ1) is 29.8. The number of aryl methyl sites for hydroxylation is 1. The Morgan fingerprint density at radius 2 is 1.98 bits per heavy atom. The predicted octanol–water partition coefficient (Wildman–Crippen LogP) is 1.63. The molecule has 0 saturated carbocycles. The van der Waals surface area contributed by atoms with Crippen molar-refractivity contribution in [3.63, 3.8) is 0 Å². The quantitative estimate of drug-likeness (QED) is 0.160. The molecular weight excluding hydrogens is 562 g/mol. The van der Waals surface area contributed by atoms with Gasteiger partial charge in [0.05, 0.1) is 31.1 Å². The maximum Gasteiger partial charge on any atom is 0.251 e. The molecule has 5 rings (SSSR count). The Bertz CT molecular complexity index is 1660. The van der Waals surface area contributed by atoms with E-state index in [-0.39, 0.29) is 36.2 Å². The van der Waals surface area contributed by atoms with E-state index in [9.17, 15) is 23.5 Å². The average Bonchev–Trinajstić information content (AvgIpc) is 3.63. The molecule has 4 aromatic rings. The highest BCUT2D eigenvalue weighted by Gasteiger charge is 2.28. The van der Waals surface area contributed by atoms with Crippen LogP contribution in [0.2, 0.25) is 0 Å². The predicted molar refractivity (Wildman–Crippen MR) is 155 cm³/mol. The number of aliphatic hydroxyl groups is 1. The Balaban J connectivity index is 1.22. The molecule has 1 aliphatic heterocycles. The van der Waals surface area contributed by atoms with Crippen molar-refractivity contribution in [3.8, 4) is 17.0 Å². The molecule has 1 aliphatic rings.